The molecule has 13 heavy (non-hydrogen) atoms. The molecule has 0 aromatic rings. The largest absolute Gasteiger partial charge is 0.396 e. The van der Waals surface area contributed by atoms with Gasteiger partial charge in [0.15, 0.2) is 0 Å². The van der Waals surface area contributed by atoms with Crippen LogP contribution in [0.25, 0.3) is 0 Å². The molecule has 0 spiro atoms. The van der Waals surface area contributed by atoms with Crippen molar-refractivity contribution < 1.29 is 9.50 Å². The van der Waals surface area contributed by atoms with Crippen LogP contribution in [-0.2, 0) is 0 Å². The minimum absolute atomic E-state index is 0.105. The smallest absolute Gasteiger partial charge is 0.118 e. The van der Waals surface area contributed by atoms with Crippen LogP contribution in [0, 0.1) is 5.92 Å². The molecule has 74 valence electrons. The predicted octanol–water partition coefficient (Wildman–Crippen LogP) is 2.97. The van der Waals surface area contributed by atoms with Crippen molar-refractivity contribution in [1.82, 2.24) is 0 Å². The van der Waals surface area contributed by atoms with Gasteiger partial charge >= 0.3 is 0 Å². The van der Waals surface area contributed by atoms with E-state index in [1.165, 1.54) is 0 Å². The van der Waals surface area contributed by atoms with E-state index in [2.05, 4.69) is 0 Å². The van der Waals surface area contributed by atoms with Crippen LogP contribution >= 0.6 is 0 Å². The molecule has 1 nitrogen and oxygen atoms in total. The van der Waals surface area contributed by atoms with Crippen molar-refractivity contribution in [3.63, 3.8) is 0 Å². The Balaban J connectivity index is 2.07. The number of halogens is 1. The topological polar surface area (TPSA) is 20.2 Å². The molecule has 0 amide bonds. The fraction of sp³-hybridized carbons (Fsp3) is 0.636. The van der Waals surface area contributed by atoms with Crippen LogP contribution in [0.2, 0.25) is 0 Å². The molecular formula is C11H17FO. The lowest BCUT2D eigenvalue weighted by atomic mass is 9.94. The normalized spacial score (nSPS) is 21.7. The van der Waals surface area contributed by atoms with E-state index in [9.17, 15) is 4.39 Å². The number of allylic oxidation sites excluding steroid dienone is 4. The van der Waals surface area contributed by atoms with E-state index in [0.717, 1.165) is 32.1 Å². The molecule has 0 saturated carbocycles. The third kappa shape index (κ3) is 4.23. The maximum atomic E-state index is 12.5. The van der Waals surface area contributed by atoms with Crippen LogP contribution in [0.15, 0.2) is 24.1 Å². The molecule has 1 N–H and O–H groups in total. The summed E-state index contributed by atoms with van der Waals surface area (Å²) in [4.78, 5) is 0. The van der Waals surface area contributed by atoms with Crippen molar-refractivity contribution >= 4 is 0 Å². The van der Waals surface area contributed by atoms with Gasteiger partial charge in [-0.1, -0.05) is 18.9 Å². The van der Waals surface area contributed by atoms with Crippen molar-refractivity contribution in [1.29, 1.82) is 0 Å². The first-order valence-corrected chi connectivity index (χ1v) is 4.97. The maximum Gasteiger partial charge on any atom is 0.118 e. The van der Waals surface area contributed by atoms with E-state index in [4.69, 9.17) is 5.11 Å². The van der Waals surface area contributed by atoms with Gasteiger partial charge in [-0.3, -0.25) is 0 Å². The Morgan fingerprint density at radius 3 is 2.85 bits per heavy atom. The highest BCUT2D eigenvalue weighted by Gasteiger charge is 2.07. The highest BCUT2D eigenvalue weighted by atomic mass is 19.1. The number of aliphatic hydroxyl groups excluding tert-OH is 1. The van der Waals surface area contributed by atoms with Gasteiger partial charge in [-0.25, -0.2) is 4.39 Å². The van der Waals surface area contributed by atoms with Gasteiger partial charge in [0.05, 0.1) is 0 Å². The molecule has 0 aromatic heterocycles. The van der Waals surface area contributed by atoms with Gasteiger partial charge in [0.2, 0.25) is 0 Å². The minimum Gasteiger partial charge on any atom is -0.396 e. The molecule has 1 aliphatic carbocycles. The van der Waals surface area contributed by atoms with E-state index in [1.54, 1.807) is 12.2 Å². The summed E-state index contributed by atoms with van der Waals surface area (Å²) in [6.45, 7) is 0.287. The lowest BCUT2D eigenvalue weighted by molar-refractivity contribution is 0.281. The monoisotopic (exact) mass is 184 g/mol. The molecule has 0 bridgehead atoms. The standard InChI is InChI=1S/C11H17FO/c12-11-7-5-10(6-8-11)4-2-1-3-9-13/h5,7-8,10,13H,1-4,6,9H2. The molecule has 0 aromatic carbocycles. The first-order valence-electron chi connectivity index (χ1n) is 4.97. The number of hydrogen-bond donors (Lipinski definition) is 1. The van der Waals surface area contributed by atoms with Crippen LogP contribution in [-0.4, -0.2) is 11.7 Å². The Morgan fingerprint density at radius 2 is 2.23 bits per heavy atom. The zero-order valence-electron chi connectivity index (χ0n) is 7.88. The third-order valence-corrected chi connectivity index (χ3v) is 2.38. The first-order chi connectivity index (χ1) is 6.33. The Morgan fingerprint density at radius 1 is 1.38 bits per heavy atom. The van der Waals surface area contributed by atoms with Crippen LogP contribution < -0.4 is 0 Å². The summed E-state index contributed by atoms with van der Waals surface area (Å²) >= 11 is 0. The second-order valence-electron chi connectivity index (χ2n) is 3.52. The summed E-state index contributed by atoms with van der Waals surface area (Å²) in [5, 5.41) is 8.56. The number of aliphatic hydroxyl groups is 1. The van der Waals surface area contributed by atoms with Crippen molar-refractivity contribution in [2.45, 2.75) is 32.1 Å². The second-order valence-corrected chi connectivity index (χ2v) is 3.52. The highest BCUT2D eigenvalue weighted by molar-refractivity contribution is 5.17. The van der Waals surface area contributed by atoms with Gasteiger partial charge < -0.3 is 5.11 Å². The fourth-order valence-electron chi connectivity index (χ4n) is 1.55. The fourth-order valence-corrected chi connectivity index (χ4v) is 1.55. The van der Waals surface area contributed by atoms with Gasteiger partial charge in [0, 0.05) is 6.61 Å². The molecule has 1 unspecified atom stereocenters. The van der Waals surface area contributed by atoms with Gasteiger partial charge in [-0.15, -0.1) is 0 Å². The lowest BCUT2D eigenvalue weighted by Gasteiger charge is -2.12. The first kappa shape index (κ1) is 10.5. The molecular weight excluding hydrogens is 167 g/mol. The van der Waals surface area contributed by atoms with Gasteiger partial charge in [-0.05, 0) is 37.3 Å². The molecule has 1 rings (SSSR count). The predicted molar refractivity (Wildman–Crippen MR) is 52.0 cm³/mol. The quantitative estimate of drug-likeness (QED) is 0.651. The summed E-state index contributed by atoms with van der Waals surface area (Å²) < 4.78 is 12.5. The van der Waals surface area contributed by atoms with Crippen LogP contribution in [0.1, 0.15) is 32.1 Å². The summed E-state index contributed by atoms with van der Waals surface area (Å²) in [5.41, 5.74) is 0. The second kappa shape index (κ2) is 5.92. The molecule has 0 heterocycles. The van der Waals surface area contributed by atoms with Crippen molar-refractivity contribution in [2.24, 2.45) is 5.92 Å². The number of unbranched alkanes of at least 4 members (excludes halogenated alkanes) is 2. The molecule has 1 aliphatic rings. The zero-order chi connectivity index (χ0) is 9.52. The van der Waals surface area contributed by atoms with Gasteiger partial charge in [0.25, 0.3) is 0 Å². The van der Waals surface area contributed by atoms with E-state index < -0.39 is 0 Å². The zero-order valence-corrected chi connectivity index (χ0v) is 7.88. The Labute approximate surface area is 79.0 Å². The van der Waals surface area contributed by atoms with Gasteiger partial charge in [-0.2, -0.15) is 0 Å². The Hall–Kier alpha value is -0.630. The molecule has 0 saturated heterocycles. The lowest BCUT2D eigenvalue weighted by Crippen LogP contribution is -1.99. The number of rotatable bonds is 5. The van der Waals surface area contributed by atoms with E-state index in [1.807, 2.05) is 6.08 Å². The Bertz CT molecular complexity index is 196. The molecule has 0 radical (unpaired) electrons. The summed E-state index contributed by atoms with van der Waals surface area (Å²) in [5.74, 6) is 0.407. The summed E-state index contributed by atoms with van der Waals surface area (Å²) in [6, 6.07) is 0. The average molecular weight is 184 g/mol. The Kier molecular flexibility index (Phi) is 4.76. The van der Waals surface area contributed by atoms with Crippen LogP contribution in [0.5, 0.6) is 0 Å². The van der Waals surface area contributed by atoms with Crippen LogP contribution in [0.4, 0.5) is 4.39 Å². The van der Waals surface area contributed by atoms with Crippen molar-refractivity contribution in [3.05, 3.63) is 24.1 Å². The summed E-state index contributed by atoms with van der Waals surface area (Å²) in [7, 11) is 0. The highest BCUT2D eigenvalue weighted by Crippen LogP contribution is 2.22. The third-order valence-electron chi connectivity index (χ3n) is 2.38. The van der Waals surface area contributed by atoms with Crippen molar-refractivity contribution in [2.75, 3.05) is 6.61 Å². The molecule has 2 heteroatoms. The van der Waals surface area contributed by atoms with E-state index >= 15 is 0 Å². The number of hydrogen-bond acceptors (Lipinski definition) is 1. The molecule has 1 atom stereocenters. The summed E-state index contributed by atoms with van der Waals surface area (Å²) in [6.07, 6.45) is 10.2. The van der Waals surface area contributed by atoms with E-state index in [0.29, 0.717) is 5.92 Å². The van der Waals surface area contributed by atoms with Gasteiger partial charge in [0.1, 0.15) is 5.83 Å². The SMILES string of the molecule is OCCCCCC1C=CC(F)=CC1. The van der Waals surface area contributed by atoms with Crippen molar-refractivity contribution in [3.8, 4) is 0 Å². The van der Waals surface area contributed by atoms with Crippen LogP contribution in [0.3, 0.4) is 0 Å². The minimum atomic E-state index is -0.105. The average Bonchev–Trinajstić information content (AvgIpc) is 2.15. The van der Waals surface area contributed by atoms with E-state index in [-0.39, 0.29) is 12.4 Å². The molecule has 0 aliphatic heterocycles. The maximum absolute atomic E-state index is 12.5. The molecule has 0 fully saturated rings.